The third kappa shape index (κ3) is 4.48. The van der Waals surface area contributed by atoms with Gasteiger partial charge in [0.05, 0.1) is 12.0 Å². The van der Waals surface area contributed by atoms with E-state index in [1.165, 1.54) is 7.11 Å². The zero-order valence-electron chi connectivity index (χ0n) is 14.6. The summed E-state index contributed by atoms with van der Waals surface area (Å²) in [6.07, 6.45) is 0. The first kappa shape index (κ1) is 18.9. The molecule has 2 aromatic carbocycles. The average Bonchev–Trinajstić information content (AvgIpc) is 2.68. The Labute approximate surface area is 160 Å². The number of carbonyl (C=O) groups excluding carboxylic acids is 1. The van der Waals surface area contributed by atoms with Gasteiger partial charge in [0.1, 0.15) is 12.2 Å². The topological polar surface area (TPSA) is 75.0 Å². The Morgan fingerprint density at radius 2 is 1.81 bits per heavy atom. The average molecular weight is 389 g/mol. The molecule has 0 aliphatic rings. The van der Waals surface area contributed by atoms with E-state index in [2.05, 4.69) is 0 Å². The van der Waals surface area contributed by atoms with Gasteiger partial charge < -0.3 is 18.6 Å². The fraction of sp³-hybridized carbons (Fsp3) is 0.200. The summed E-state index contributed by atoms with van der Waals surface area (Å²) in [4.78, 5) is 24.7. The summed E-state index contributed by atoms with van der Waals surface area (Å²) in [5.74, 6) is -0.443. The van der Waals surface area contributed by atoms with Gasteiger partial charge in [-0.1, -0.05) is 23.7 Å². The zero-order chi connectivity index (χ0) is 19.2. The second-order valence-electron chi connectivity index (χ2n) is 5.59. The van der Waals surface area contributed by atoms with Crippen molar-refractivity contribution in [1.29, 1.82) is 0 Å². The van der Waals surface area contributed by atoms with Crippen LogP contribution >= 0.6 is 11.6 Å². The van der Waals surface area contributed by atoms with Crippen LogP contribution in [-0.2, 0) is 14.3 Å². The van der Waals surface area contributed by atoms with Crippen molar-refractivity contribution in [3.05, 3.63) is 63.8 Å². The Morgan fingerprint density at radius 1 is 1.07 bits per heavy atom. The summed E-state index contributed by atoms with van der Waals surface area (Å²) in [7, 11) is 1.50. The monoisotopic (exact) mass is 388 g/mol. The number of methoxy groups -OCH3 is 1. The van der Waals surface area contributed by atoms with Crippen molar-refractivity contribution in [3.63, 3.8) is 0 Å². The standard InChI is InChI=1S/C20H17ClO6/c1-24-10-11-25-17(22)12-26-20-18(23)15-4-2-3-5-16(15)27-19(20)13-6-8-14(21)9-7-13/h2-9H,10-12H2,1H3. The normalized spacial score (nSPS) is 10.7. The van der Waals surface area contributed by atoms with Gasteiger partial charge in [-0.3, -0.25) is 4.79 Å². The molecule has 0 saturated carbocycles. The molecule has 0 atom stereocenters. The molecular weight excluding hydrogens is 372 g/mol. The lowest BCUT2D eigenvalue weighted by molar-refractivity contribution is -0.147. The Bertz CT molecular complexity index is 994. The Balaban J connectivity index is 1.97. The predicted octanol–water partition coefficient (Wildman–Crippen LogP) is 3.68. The highest BCUT2D eigenvalue weighted by Gasteiger charge is 2.19. The van der Waals surface area contributed by atoms with Crippen LogP contribution in [-0.4, -0.2) is 32.9 Å². The Morgan fingerprint density at radius 3 is 2.56 bits per heavy atom. The fourth-order valence-corrected chi connectivity index (χ4v) is 2.58. The highest BCUT2D eigenvalue weighted by molar-refractivity contribution is 6.30. The van der Waals surface area contributed by atoms with Crippen molar-refractivity contribution < 1.29 is 23.4 Å². The highest BCUT2D eigenvalue weighted by atomic mass is 35.5. The van der Waals surface area contributed by atoms with Crippen molar-refractivity contribution in [2.24, 2.45) is 0 Å². The van der Waals surface area contributed by atoms with Gasteiger partial charge in [-0.15, -0.1) is 0 Å². The third-order valence-corrected chi connectivity index (χ3v) is 4.00. The van der Waals surface area contributed by atoms with Crippen LogP contribution < -0.4 is 10.2 Å². The molecule has 0 fully saturated rings. The Hall–Kier alpha value is -2.83. The van der Waals surface area contributed by atoms with E-state index < -0.39 is 12.6 Å². The number of hydrogen-bond donors (Lipinski definition) is 0. The minimum absolute atomic E-state index is 0.0558. The summed E-state index contributed by atoms with van der Waals surface area (Å²) < 4.78 is 21.2. The van der Waals surface area contributed by atoms with Gasteiger partial charge in [-0.25, -0.2) is 4.79 Å². The molecule has 0 amide bonds. The molecule has 7 heteroatoms. The van der Waals surface area contributed by atoms with E-state index >= 15 is 0 Å². The quantitative estimate of drug-likeness (QED) is 0.454. The van der Waals surface area contributed by atoms with E-state index in [1.54, 1.807) is 48.5 Å². The number of ether oxygens (including phenoxy) is 3. The van der Waals surface area contributed by atoms with Crippen LogP contribution in [0.3, 0.4) is 0 Å². The van der Waals surface area contributed by atoms with Crippen LogP contribution in [0.4, 0.5) is 0 Å². The summed E-state index contributed by atoms with van der Waals surface area (Å²) in [5.41, 5.74) is 0.652. The minimum Gasteiger partial charge on any atom is -0.474 e. The first-order chi connectivity index (χ1) is 13.1. The number of halogens is 1. The molecule has 0 saturated heterocycles. The molecule has 0 aliphatic heterocycles. The number of benzene rings is 2. The molecule has 6 nitrogen and oxygen atoms in total. The smallest absolute Gasteiger partial charge is 0.344 e. The van der Waals surface area contributed by atoms with Crippen molar-refractivity contribution in [1.82, 2.24) is 0 Å². The van der Waals surface area contributed by atoms with Crippen LogP contribution in [0.25, 0.3) is 22.3 Å². The van der Waals surface area contributed by atoms with Gasteiger partial charge in [0, 0.05) is 17.7 Å². The Kier molecular flexibility index (Phi) is 6.11. The van der Waals surface area contributed by atoms with E-state index in [-0.39, 0.29) is 30.2 Å². The molecule has 140 valence electrons. The first-order valence-electron chi connectivity index (χ1n) is 8.19. The van der Waals surface area contributed by atoms with Crippen LogP contribution in [0.5, 0.6) is 5.75 Å². The summed E-state index contributed by atoms with van der Waals surface area (Å²) >= 11 is 5.93. The minimum atomic E-state index is -0.610. The van der Waals surface area contributed by atoms with Gasteiger partial charge in [0.2, 0.25) is 11.2 Å². The molecule has 27 heavy (non-hydrogen) atoms. The summed E-state index contributed by atoms with van der Waals surface area (Å²) in [6, 6.07) is 13.6. The van der Waals surface area contributed by atoms with Gasteiger partial charge in [0.25, 0.3) is 0 Å². The maximum Gasteiger partial charge on any atom is 0.344 e. The fourth-order valence-electron chi connectivity index (χ4n) is 2.46. The van der Waals surface area contributed by atoms with Crippen LogP contribution in [0.1, 0.15) is 0 Å². The van der Waals surface area contributed by atoms with E-state index in [0.29, 0.717) is 21.6 Å². The summed E-state index contributed by atoms with van der Waals surface area (Å²) in [5, 5.41) is 0.907. The zero-order valence-corrected chi connectivity index (χ0v) is 15.3. The number of rotatable bonds is 7. The van der Waals surface area contributed by atoms with Gasteiger partial charge in [-0.05, 0) is 36.4 Å². The van der Waals surface area contributed by atoms with E-state index in [1.807, 2.05) is 0 Å². The van der Waals surface area contributed by atoms with Gasteiger partial charge in [-0.2, -0.15) is 0 Å². The lowest BCUT2D eigenvalue weighted by Gasteiger charge is -2.11. The largest absolute Gasteiger partial charge is 0.474 e. The van der Waals surface area contributed by atoms with Crippen LogP contribution in [0.2, 0.25) is 5.02 Å². The first-order valence-corrected chi connectivity index (χ1v) is 8.57. The predicted molar refractivity (Wildman–Crippen MR) is 101 cm³/mol. The number of hydrogen-bond acceptors (Lipinski definition) is 6. The molecule has 0 bridgehead atoms. The van der Waals surface area contributed by atoms with Gasteiger partial charge >= 0.3 is 5.97 Å². The van der Waals surface area contributed by atoms with E-state index in [0.717, 1.165) is 0 Å². The molecule has 3 rings (SSSR count). The number of fused-ring (bicyclic) bond motifs is 1. The number of carbonyl (C=O) groups is 1. The molecule has 0 unspecified atom stereocenters. The third-order valence-electron chi connectivity index (χ3n) is 3.75. The molecule has 0 N–H and O–H groups in total. The lowest BCUT2D eigenvalue weighted by Crippen LogP contribution is -2.20. The van der Waals surface area contributed by atoms with Crippen molar-refractivity contribution >= 4 is 28.5 Å². The molecular formula is C20H17ClO6. The molecule has 0 spiro atoms. The maximum atomic E-state index is 12.9. The molecule has 1 heterocycles. The highest BCUT2D eigenvalue weighted by Crippen LogP contribution is 2.31. The van der Waals surface area contributed by atoms with E-state index in [4.69, 9.17) is 30.2 Å². The second kappa shape index (κ2) is 8.70. The van der Waals surface area contributed by atoms with Crippen LogP contribution in [0, 0.1) is 0 Å². The molecule has 0 radical (unpaired) electrons. The maximum absolute atomic E-state index is 12.9. The molecule has 0 aliphatic carbocycles. The summed E-state index contributed by atoms with van der Waals surface area (Å²) in [6.45, 7) is -0.0393. The van der Waals surface area contributed by atoms with Crippen molar-refractivity contribution in [2.45, 2.75) is 0 Å². The second-order valence-corrected chi connectivity index (χ2v) is 6.03. The van der Waals surface area contributed by atoms with Crippen LogP contribution in [0.15, 0.2) is 57.7 Å². The number of para-hydroxylation sites is 1. The van der Waals surface area contributed by atoms with Crippen molar-refractivity contribution in [3.8, 4) is 17.1 Å². The lowest BCUT2D eigenvalue weighted by atomic mass is 10.1. The number of esters is 1. The van der Waals surface area contributed by atoms with E-state index in [9.17, 15) is 9.59 Å². The molecule has 1 aromatic heterocycles. The van der Waals surface area contributed by atoms with Gasteiger partial charge in [0.15, 0.2) is 12.4 Å². The molecule has 3 aromatic rings. The van der Waals surface area contributed by atoms with Crippen molar-refractivity contribution in [2.75, 3.05) is 26.9 Å². The SMILES string of the molecule is COCCOC(=O)COc1c(-c2ccc(Cl)cc2)oc2ccccc2c1=O.